The molecule has 0 atom stereocenters. The van der Waals surface area contributed by atoms with Crippen molar-refractivity contribution in [3.8, 4) is 0 Å². The molecule has 0 bridgehead atoms. The van der Waals surface area contributed by atoms with Crippen molar-refractivity contribution >= 4 is 17.4 Å². The molecule has 1 N–H and O–H groups in total. The van der Waals surface area contributed by atoms with Crippen LogP contribution in [0.4, 0.5) is 16.2 Å². The molecule has 3 rings (SSSR count). The minimum absolute atomic E-state index is 0.00513. The standard InChI is InChI=1S/C21H27N3O/c1-4-12-24(18-8-6-5-7-9-18)19-14-23(15-19)21(25)22-20-13-16(2)10-11-17(20)3/h5-11,13,19H,4,12,14-15H2,1-3H3,(H,22,25). The third-order valence-electron chi connectivity index (χ3n) is 4.78. The molecule has 1 heterocycles. The number of nitrogens with zero attached hydrogens (tertiary/aromatic N) is 2. The van der Waals surface area contributed by atoms with Gasteiger partial charge in [-0.1, -0.05) is 37.3 Å². The summed E-state index contributed by atoms with van der Waals surface area (Å²) in [6, 6.07) is 17.0. The Hall–Kier alpha value is -2.49. The topological polar surface area (TPSA) is 35.6 Å². The second-order valence-corrected chi connectivity index (χ2v) is 6.84. The van der Waals surface area contributed by atoms with E-state index >= 15 is 0 Å². The van der Waals surface area contributed by atoms with Crippen LogP contribution in [-0.4, -0.2) is 36.6 Å². The number of para-hydroxylation sites is 1. The van der Waals surface area contributed by atoms with Gasteiger partial charge in [0, 0.05) is 31.0 Å². The van der Waals surface area contributed by atoms with Gasteiger partial charge in [0.25, 0.3) is 0 Å². The monoisotopic (exact) mass is 337 g/mol. The van der Waals surface area contributed by atoms with E-state index in [1.165, 1.54) is 5.69 Å². The molecule has 1 saturated heterocycles. The van der Waals surface area contributed by atoms with E-state index in [4.69, 9.17) is 0 Å². The highest BCUT2D eigenvalue weighted by Crippen LogP contribution is 2.24. The number of urea groups is 1. The van der Waals surface area contributed by atoms with Gasteiger partial charge in [0.15, 0.2) is 0 Å². The highest BCUT2D eigenvalue weighted by atomic mass is 16.2. The van der Waals surface area contributed by atoms with Gasteiger partial charge < -0.3 is 15.1 Å². The maximum absolute atomic E-state index is 12.5. The van der Waals surface area contributed by atoms with Crippen LogP contribution in [-0.2, 0) is 0 Å². The molecule has 2 aromatic carbocycles. The summed E-state index contributed by atoms with van der Waals surface area (Å²) in [5.41, 5.74) is 4.39. The summed E-state index contributed by atoms with van der Waals surface area (Å²) in [5.74, 6) is 0. The first-order valence-corrected chi connectivity index (χ1v) is 9.03. The zero-order valence-corrected chi connectivity index (χ0v) is 15.3. The molecule has 1 aliphatic heterocycles. The van der Waals surface area contributed by atoms with Gasteiger partial charge in [0.05, 0.1) is 6.04 Å². The first-order chi connectivity index (χ1) is 12.1. The lowest BCUT2D eigenvalue weighted by molar-refractivity contribution is 0.161. The molecule has 0 unspecified atom stereocenters. The van der Waals surface area contributed by atoms with Gasteiger partial charge in [-0.15, -0.1) is 0 Å². The molecule has 2 amide bonds. The van der Waals surface area contributed by atoms with Crippen molar-refractivity contribution in [2.45, 2.75) is 33.2 Å². The molecule has 0 saturated carbocycles. The normalized spacial score (nSPS) is 14.1. The number of rotatable bonds is 5. The summed E-state index contributed by atoms with van der Waals surface area (Å²) in [6.07, 6.45) is 1.10. The zero-order chi connectivity index (χ0) is 17.8. The van der Waals surface area contributed by atoms with Crippen molar-refractivity contribution in [1.82, 2.24) is 4.90 Å². The van der Waals surface area contributed by atoms with Crippen LogP contribution in [0.15, 0.2) is 48.5 Å². The van der Waals surface area contributed by atoms with E-state index in [9.17, 15) is 4.79 Å². The summed E-state index contributed by atoms with van der Waals surface area (Å²) in [5, 5.41) is 3.05. The Bertz CT molecular complexity index is 723. The Balaban J connectivity index is 1.60. The van der Waals surface area contributed by atoms with E-state index in [0.717, 1.165) is 42.9 Å². The molecule has 2 aromatic rings. The second-order valence-electron chi connectivity index (χ2n) is 6.84. The largest absolute Gasteiger partial charge is 0.365 e. The molecule has 0 aliphatic carbocycles. The summed E-state index contributed by atoms with van der Waals surface area (Å²) in [6.45, 7) is 8.81. The predicted octanol–water partition coefficient (Wildman–Crippen LogP) is 4.44. The van der Waals surface area contributed by atoms with E-state index in [2.05, 4.69) is 47.5 Å². The van der Waals surface area contributed by atoms with Gasteiger partial charge >= 0.3 is 6.03 Å². The fraction of sp³-hybridized carbons (Fsp3) is 0.381. The van der Waals surface area contributed by atoms with Crippen molar-refractivity contribution < 1.29 is 4.79 Å². The molecule has 25 heavy (non-hydrogen) atoms. The summed E-state index contributed by atoms with van der Waals surface area (Å²) >= 11 is 0. The van der Waals surface area contributed by atoms with Crippen LogP contribution >= 0.6 is 0 Å². The SMILES string of the molecule is CCCN(c1ccccc1)C1CN(C(=O)Nc2cc(C)ccc2C)C1. The van der Waals surface area contributed by atoms with Crippen LogP contribution in [0.2, 0.25) is 0 Å². The summed E-state index contributed by atoms with van der Waals surface area (Å²) < 4.78 is 0. The molecular formula is C21H27N3O. The Morgan fingerprint density at radius 2 is 1.88 bits per heavy atom. The molecule has 0 spiro atoms. The third-order valence-corrected chi connectivity index (χ3v) is 4.78. The van der Waals surface area contributed by atoms with E-state index in [-0.39, 0.29) is 6.03 Å². The van der Waals surface area contributed by atoms with Crippen molar-refractivity contribution in [2.24, 2.45) is 0 Å². The highest BCUT2D eigenvalue weighted by molar-refractivity contribution is 5.91. The molecule has 4 heteroatoms. The number of amides is 2. The third kappa shape index (κ3) is 3.95. The van der Waals surface area contributed by atoms with Gasteiger partial charge in [-0.05, 0) is 49.6 Å². The van der Waals surface area contributed by atoms with Crippen molar-refractivity contribution in [3.63, 3.8) is 0 Å². The fourth-order valence-corrected chi connectivity index (χ4v) is 3.27. The average molecular weight is 337 g/mol. The van der Waals surface area contributed by atoms with E-state index in [0.29, 0.717) is 6.04 Å². The number of carbonyl (C=O) groups excluding carboxylic acids is 1. The van der Waals surface area contributed by atoms with Crippen molar-refractivity contribution in [2.75, 3.05) is 29.9 Å². The number of nitrogens with one attached hydrogen (secondary N) is 1. The number of likely N-dealkylation sites (tertiary alicyclic amines) is 1. The lowest BCUT2D eigenvalue weighted by Crippen LogP contribution is -2.62. The van der Waals surface area contributed by atoms with Gasteiger partial charge in [-0.25, -0.2) is 4.79 Å². The van der Waals surface area contributed by atoms with Crippen LogP contribution < -0.4 is 10.2 Å². The van der Waals surface area contributed by atoms with Crippen LogP contribution in [0.1, 0.15) is 24.5 Å². The minimum atomic E-state index is -0.00513. The predicted molar refractivity (Wildman–Crippen MR) is 104 cm³/mol. The number of aryl methyl sites for hydroxylation is 2. The number of anilines is 2. The maximum atomic E-state index is 12.5. The Labute approximate surface area is 150 Å². The van der Waals surface area contributed by atoms with Gasteiger partial charge in [0.2, 0.25) is 0 Å². The van der Waals surface area contributed by atoms with Crippen LogP contribution in [0.25, 0.3) is 0 Å². The van der Waals surface area contributed by atoms with Crippen LogP contribution in [0.3, 0.4) is 0 Å². The van der Waals surface area contributed by atoms with E-state index in [1.54, 1.807) is 0 Å². The smallest absolute Gasteiger partial charge is 0.321 e. The lowest BCUT2D eigenvalue weighted by atomic mass is 10.1. The fourth-order valence-electron chi connectivity index (χ4n) is 3.27. The lowest BCUT2D eigenvalue weighted by Gasteiger charge is -2.46. The van der Waals surface area contributed by atoms with Crippen molar-refractivity contribution in [1.29, 1.82) is 0 Å². The Morgan fingerprint density at radius 1 is 1.16 bits per heavy atom. The number of benzene rings is 2. The van der Waals surface area contributed by atoms with Crippen LogP contribution in [0.5, 0.6) is 0 Å². The molecular weight excluding hydrogens is 310 g/mol. The summed E-state index contributed by atoms with van der Waals surface area (Å²) in [4.78, 5) is 16.8. The molecule has 0 aromatic heterocycles. The van der Waals surface area contributed by atoms with E-state index < -0.39 is 0 Å². The summed E-state index contributed by atoms with van der Waals surface area (Å²) in [7, 11) is 0. The molecule has 1 fully saturated rings. The Morgan fingerprint density at radius 3 is 2.56 bits per heavy atom. The first kappa shape index (κ1) is 17.3. The second kappa shape index (κ2) is 7.60. The van der Waals surface area contributed by atoms with Crippen LogP contribution in [0, 0.1) is 13.8 Å². The minimum Gasteiger partial charge on any atom is -0.365 e. The zero-order valence-electron chi connectivity index (χ0n) is 15.3. The Kier molecular flexibility index (Phi) is 5.27. The van der Waals surface area contributed by atoms with Gasteiger partial charge in [0.1, 0.15) is 0 Å². The van der Waals surface area contributed by atoms with Crippen molar-refractivity contribution in [3.05, 3.63) is 59.7 Å². The first-order valence-electron chi connectivity index (χ1n) is 9.03. The molecule has 132 valence electrons. The van der Waals surface area contributed by atoms with Gasteiger partial charge in [-0.2, -0.15) is 0 Å². The highest BCUT2D eigenvalue weighted by Gasteiger charge is 2.34. The molecule has 0 radical (unpaired) electrons. The van der Waals surface area contributed by atoms with E-state index in [1.807, 2.05) is 36.9 Å². The molecule has 1 aliphatic rings. The average Bonchev–Trinajstić information content (AvgIpc) is 2.57. The maximum Gasteiger partial charge on any atom is 0.321 e. The number of hydrogen-bond donors (Lipinski definition) is 1. The number of carbonyl (C=O) groups is 1. The van der Waals surface area contributed by atoms with Gasteiger partial charge in [-0.3, -0.25) is 0 Å². The number of hydrogen-bond acceptors (Lipinski definition) is 2. The quantitative estimate of drug-likeness (QED) is 0.876. The molecule has 4 nitrogen and oxygen atoms in total.